The van der Waals surface area contributed by atoms with Gasteiger partial charge in [-0.1, -0.05) is 0 Å². The Kier molecular flexibility index (Phi) is 3.53. The summed E-state index contributed by atoms with van der Waals surface area (Å²) >= 11 is 0. The molecule has 1 aliphatic rings. The van der Waals surface area contributed by atoms with E-state index in [0.717, 1.165) is 13.1 Å². The van der Waals surface area contributed by atoms with Crippen molar-refractivity contribution >= 4 is 5.91 Å². The molecular weight excluding hydrogens is 152 g/mol. The predicted octanol–water partition coefficient (Wildman–Crippen LogP) is 0.497. The summed E-state index contributed by atoms with van der Waals surface area (Å²) in [5.41, 5.74) is 5.56. The summed E-state index contributed by atoms with van der Waals surface area (Å²) in [7, 11) is 0. The van der Waals surface area contributed by atoms with Crippen LogP contribution in [0.25, 0.3) is 0 Å². The minimum absolute atomic E-state index is 0.0752. The zero-order valence-electron chi connectivity index (χ0n) is 7.68. The summed E-state index contributed by atoms with van der Waals surface area (Å²) in [5, 5.41) is 2.85. The number of rotatable bonds is 3. The van der Waals surface area contributed by atoms with E-state index in [9.17, 15) is 4.79 Å². The summed E-state index contributed by atoms with van der Waals surface area (Å²) in [6, 6.07) is 0. The van der Waals surface area contributed by atoms with Crippen molar-refractivity contribution in [1.82, 2.24) is 5.32 Å². The molecule has 1 saturated carbocycles. The normalized spacial score (nSPS) is 28.8. The van der Waals surface area contributed by atoms with Crippen molar-refractivity contribution in [3.63, 3.8) is 0 Å². The number of hydrogen-bond acceptors (Lipinski definition) is 2. The lowest BCUT2D eigenvalue weighted by atomic mass is 10.1. The van der Waals surface area contributed by atoms with E-state index < -0.39 is 0 Å². The molecule has 3 nitrogen and oxygen atoms in total. The average molecular weight is 170 g/mol. The van der Waals surface area contributed by atoms with Crippen molar-refractivity contribution in [3.8, 4) is 0 Å². The van der Waals surface area contributed by atoms with E-state index >= 15 is 0 Å². The molecule has 3 N–H and O–H groups in total. The van der Waals surface area contributed by atoms with Crippen molar-refractivity contribution in [2.45, 2.75) is 26.2 Å². The van der Waals surface area contributed by atoms with Crippen LogP contribution in [-0.4, -0.2) is 19.0 Å². The van der Waals surface area contributed by atoms with Crippen LogP contribution in [0.15, 0.2) is 0 Å². The Morgan fingerprint density at radius 3 is 2.67 bits per heavy atom. The first-order valence-corrected chi connectivity index (χ1v) is 4.67. The van der Waals surface area contributed by atoms with E-state index in [1.165, 1.54) is 19.3 Å². The summed E-state index contributed by atoms with van der Waals surface area (Å²) in [6.45, 7) is 3.21. The molecule has 2 atom stereocenters. The summed E-state index contributed by atoms with van der Waals surface area (Å²) in [5.74, 6) is 1.44. The average Bonchev–Trinajstić information content (AvgIpc) is 2.48. The van der Waals surface area contributed by atoms with Gasteiger partial charge < -0.3 is 11.1 Å². The third-order valence-corrected chi connectivity index (χ3v) is 2.62. The fraction of sp³-hybridized carbons (Fsp3) is 0.889. The number of carbonyl (C=O) groups excluding carboxylic acids is 1. The minimum Gasteiger partial charge on any atom is -0.356 e. The van der Waals surface area contributed by atoms with Crippen molar-refractivity contribution in [2.24, 2.45) is 17.6 Å². The maximum atomic E-state index is 10.6. The quantitative estimate of drug-likeness (QED) is 0.648. The van der Waals surface area contributed by atoms with Crippen LogP contribution in [0, 0.1) is 11.8 Å². The van der Waals surface area contributed by atoms with Crippen LogP contribution in [0.5, 0.6) is 0 Å². The molecule has 3 heteroatoms. The molecule has 0 radical (unpaired) electrons. The lowest BCUT2D eigenvalue weighted by molar-refractivity contribution is -0.119. The van der Waals surface area contributed by atoms with E-state index in [1.807, 2.05) is 0 Å². The van der Waals surface area contributed by atoms with Gasteiger partial charge in [0.1, 0.15) is 0 Å². The van der Waals surface area contributed by atoms with Gasteiger partial charge >= 0.3 is 0 Å². The number of nitrogens with one attached hydrogen (secondary N) is 1. The lowest BCUT2D eigenvalue weighted by Gasteiger charge is -2.09. The van der Waals surface area contributed by atoms with E-state index in [4.69, 9.17) is 5.73 Å². The monoisotopic (exact) mass is 170 g/mol. The first-order chi connectivity index (χ1) is 5.72. The minimum atomic E-state index is 0.0752. The van der Waals surface area contributed by atoms with Gasteiger partial charge in [0.05, 0.1) is 0 Å². The van der Waals surface area contributed by atoms with Gasteiger partial charge in [0.2, 0.25) is 5.91 Å². The highest BCUT2D eigenvalue weighted by molar-refractivity contribution is 5.72. The Hall–Kier alpha value is -0.570. The molecule has 0 saturated heterocycles. The van der Waals surface area contributed by atoms with Crippen molar-refractivity contribution < 1.29 is 4.79 Å². The van der Waals surface area contributed by atoms with Crippen LogP contribution >= 0.6 is 0 Å². The smallest absolute Gasteiger partial charge is 0.216 e. The molecule has 0 aromatic rings. The molecule has 2 unspecified atom stereocenters. The van der Waals surface area contributed by atoms with Crippen LogP contribution in [0.4, 0.5) is 0 Å². The number of nitrogens with two attached hydrogens (primary N) is 1. The van der Waals surface area contributed by atoms with Gasteiger partial charge in [0.25, 0.3) is 0 Å². The Balaban J connectivity index is 2.15. The topological polar surface area (TPSA) is 55.1 Å². The second-order valence-corrected chi connectivity index (χ2v) is 3.72. The molecule has 0 spiro atoms. The molecule has 0 aromatic heterocycles. The highest BCUT2D eigenvalue weighted by atomic mass is 16.1. The first-order valence-electron chi connectivity index (χ1n) is 4.67. The van der Waals surface area contributed by atoms with Gasteiger partial charge in [-0.3, -0.25) is 4.79 Å². The number of hydrogen-bond donors (Lipinski definition) is 2. The zero-order chi connectivity index (χ0) is 8.97. The van der Waals surface area contributed by atoms with E-state index in [2.05, 4.69) is 5.32 Å². The standard InChI is InChI=1S/C9H18N2O/c1-7(12)11-6-9-3-2-8(4-9)5-10/h8-9H,2-6,10H2,1H3,(H,11,12). The van der Waals surface area contributed by atoms with Crippen molar-refractivity contribution in [1.29, 1.82) is 0 Å². The molecule has 70 valence electrons. The van der Waals surface area contributed by atoms with Crippen molar-refractivity contribution in [2.75, 3.05) is 13.1 Å². The molecular formula is C9H18N2O. The van der Waals surface area contributed by atoms with E-state index in [0.29, 0.717) is 11.8 Å². The van der Waals surface area contributed by atoms with Crippen LogP contribution in [-0.2, 0) is 4.79 Å². The third-order valence-electron chi connectivity index (χ3n) is 2.62. The molecule has 12 heavy (non-hydrogen) atoms. The van der Waals surface area contributed by atoms with Crippen LogP contribution < -0.4 is 11.1 Å². The molecule has 0 aromatic carbocycles. The molecule has 1 amide bonds. The Morgan fingerprint density at radius 2 is 2.17 bits per heavy atom. The second kappa shape index (κ2) is 4.45. The number of amides is 1. The molecule has 0 heterocycles. The summed E-state index contributed by atoms with van der Waals surface area (Å²) in [4.78, 5) is 10.6. The SMILES string of the molecule is CC(=O)NCC1CCC(CN)C1. The molecule has 0 bridgehead atoms. The van der Waals surface area contributed by atoms with Gasteiger partial charge in [-0.2, -0.15) is 0 Å². The highest BCUT2D eigenvalue weighted by Gasteiger charge is 2.23. The molecule has 1 rings (SSSR count). The Labute approximate surface area is 73.7 Å². The van der Waals surface area contributed by atoms with Gasteiger partial charge in [-0.15, -0.1) is 0 Å². The van der Waals surface area contributed by atoms with E-state index in [-0.39, 0.29) is 5.91 Å². The van der Waals surface area contributed by atoms with Gasteiger partial charge in [0, 0.05) is 13.5 Å². The summed E-state index contributed by atoms with van der Waals surface area (Å²) in [6.07, 6.45) is 3.65. The van der Waals surface area contributed by atoms with Crippen molar-refractivity contribution in [3.05, 3.63) is 0 Å². The lowest BCUT2D eigenvalue weighted by Crippen LogP contribution is -2.26. The highest BCUT2D eigenvalue weighted by Crippen LogP contribution is 2.29. The molecule has 1 fully saturated rings. The van der Waals surface area contributed by atoms with Crippen LogP contribution in [0.3, 0.4) is 0 Å². The summed E-state index contributed by atoms with van der Waals surface area (Å²) < 4.78 is 0. The number of carbonyl (C=O) groups is 1. The fourth-order valence-electron chi connectivity index (χ4n) is 1.87. The first kappa shape index (κ1) is 9.52. The maximum Gasteiger partial charge on any atom is 0.216 e. The zero-order valence-corrected chi connectivity index (χ0v) is 7.68. The van der Waals surface area contributed by atoms with Crippen LogP contribution in [0.2, 0.25) is 0 Å². The Morgan fingerprint density at radius 1 is 1.50 bits per heavy atom. The van der Waals surface area contributed by atoms with Crippen LogP contribution in [0.1, 0.15) is 26.2 Å². The van der Waals surface area contributed by atoms with Gasteiger partial charge in [0.15, 0.2) is 0 Å². The van der Waals surface area contributed by atoms with Gasteiger partial charge in [-0.25, -0.2) is 0 Å². The maximum absolute atomic E-state index is 10.6. The predicted molar refractivity (Wildman–Crippen MR) is 48.6 cm³/mol. The van der Waals surface area contributed by atoms with E-state index in [1.54, 1.807) is 6.92 Å². The molecule has 0 aliphatic heterocycles. The second-order valence-electron chi connectivity index (χ2n) is 3.72. The Bertz CT molecular complexity index is 159. The third kappa shape index (κ3) is 2.81. The van der Waals surface area contributed by atoms with Gasteiger partial charge in [-0.05, 0) is 37.6 Å². The molecule has 1 aliphatic carbocycles. The largest absolute Gasteiger partial charge is 0.356 e. The fourth-order valence-corrected chi connectivity index (χ4v) is 1.87.